The van der Waals surface area contributed by atoms with Gasteiger partial charge in [0.1, 0.15) is 6.04 Å². The van der Waals surface area contributed by atoms with Crippen LogP contribution in [0.5, 0.6) is 0 Å². The quantitative estimate of drug-likeness (QED) is 0.592. The molecule has 5 N–H and O–H groups in total. The van der Waals surface area contributed by atoms with Crippen LogP contribution < -0.4 is 16.4 Å². The van der Waals surface area contributed by atoms with Gasteiger partial charge >= 0.3 is 5.97 Å². The third-order valence-corrected chi connectivity index (χ3v) is 3.36. The summed E-state index contributed by atoms with van der Waals surface area (Å²) in [5.41, 5.74) is 7.40. The van der Waals surface area contributed by atoms with Crippen LogP contribution in [0.15, 0.2) is 18.2 Å². The Kier molecular flexibility index (Phi) is 4.42. The van der Waals surface area contributed by atoms with Crippen molar-refractivity contribution in [3.63, 3.8) is 0 Å². The number of aliphatic carboxylic acids is 1. The van der Waals surface area contributed by atoms with Crippen molar-refractivity contribution in [3.8, 4) is 0 Å². The van der Waals surface area contributed by atoms with Crippen LogP contribution in [0.25, 0.3) is 0 Å². The molecule has 1 aromatic carbocycles. The smallest absolute Gasteiger partial charge is 0.326 e. The zero-order valence-electron chi connectivity index (χ0n) is 11.4. The van der Waals surface area contributed by atoms with Crippen molar-refractivity contribution in [2.45, 2.75) is 25.3 Å². The second-order valence-corrected chi connectivity index (χ2v) is 4.92. The zero-order valence-corrected chi connectivity index (χ0v) is 11.4. The molecule has 0 fully saturated rings. The highest BCUT2D eigenvalue weighted by atomic mass is 16.4. The van der Waals surface area contributed by atoms with E-state index in [1.54, 1.807) is 12.1 Å². The minimum absolute atomic E-state index is 0.0282. The maximum Gasteiger partial charge on any atom is 0.326 e. The van der Waals surface area contributed by atoms with E-state index >= 15 is 0 Å². The lowest BCUT2D eigenvalue weighted by Gasteiger charge is -2.14. The molecule has 7 nitrogen and oxygen atoms in total. The van der Waals surface area contributed by atoms with Crippen LogP contribution in [0.3, 0.4) is 0 Å². The van der Waals surface area contributed by atoms with Gasteiger partial charge in [0.2, 0.25) is 5.91 Å². The molecule has 112 valence electrons. The summed E-state index contributed by atoms with van der Waals surface area (Å²) in [6, 6.07) is 4.08. The van der Waals surface area contributed by atoms with Crippen LogP contribution >= 0.6 is 0 Å². The number of primary amides is 1. The monoisotopic (exact) mass is 291 g/mol. The molecule has 2 amide bonds. The Bertz CT molecular complexity index is 586. The number of rotatable bonds is 6. The Hall–Kier alpha value is -2.57. The number of carbonyl (C=O) groups excluding carboxylic acids is 2. The first-order chi connectivity index (χ1) is 9.97. The molecule has 1 atom stereocenters. The van der Waals surface area contributed by atoms with E-state index in [0.717, 1.165) is 24.2 Å². The summed E-state index contributed by atoms with van der Waals surface area (Å²) in [6.07, 6.45) is 0.788. The lowest BCUT2D eigenvalue weighted by Crippen LogP contribution is -2.41. The predicted molar refractivity (Wildman–Crippen MR) is 76.0 cm³/mol. The standard InChI is InChI=1S/C14H17N3O4/c15-12(18)4-3-10(14(20)21)17-13(19)9-2-1-8-5-6-16-11(8)7-9/h1-2,7,10,16H,3-6H2,(H2,15,18)(H,17,19)(H,20,21). The molecule has 0 saturated carbocycles. The number of hydrogen-bond donors (Lipinski definition) is 4. The van der Waals surface area contributed by atoms with E-state index in [1.807, 2.05) is 6.07 Å². The molecule has 1 aromatic rings. The minimum Gasteiger partial charge on any atom is -0.480 e. The number of fused-ring (bicyclic) bond motifs is 1. The van der Waals surface area contributed by atoms with Crippen LogP contribution in [0, 0.1) is 0 Å². The van der Waals surface area contributed by atoms with Gasteiger partial charge in [-0.05, 0) is 30.5 Å². The van der Waals surface area contributed by atoms with Crippen molar-refractivity contribution in [2.75, 3.05) is 11.9 Å². The summed E-state index contributed by atoms with van der Waals surface area (Å²) in [6.45, 7) is 0.830. The average molecular weight is 291 g/mol. The minimum atomic E-state index is -1.19. The Morgan fingerprint density at radius 1 is 1.38 bits per heavy atom. The number of carboxylic acids is 1. The van der Waals surface area contributed by atoms with Crippen molar-refractivity contribution in [3.05, 3.63) is 29.3 Å². The number of nitrogens with two attached hydrogens (primary N) is 1. The Morgan fingerprint density at radius 2 is 2.14 bits per heavy atom. The van der Waals surface area contributed by atoms with Gasteiger partial charge in [-0.3, -0.25) is 9.59 Å². The highest BCUT2D eigenvalue weighted by Crippen LogP contribution is 2.23. The van der Waals surface area contributed by atoms with Crippen LogP contribution in [0.1, 0.15) is 28.8 Å². The molecule has 1 aliphatic rings. The van der Waals surface area contributed by atoms with Crippen LogP contribution in [0.4, 0.5) is 5.69 Å². The van der Waals surface area contributed by atoms with Crippen molar-refractivity contribution >= 4 is 23.5 Å². The summed E-state index contributed by atoms with van der Waals surface area (Å²) in [7, 11) is 0. The van der Waals surface area contributed by atoms with E-state index in [4.69, 9.17) is 10.8 Å². The van der Waals surface area contributed by atoms with E-state index in [2.05, 4.69) is 10.6 Å². The third kappa shape index (κ3) is 3.71. The van der Waals surface area contributed by atoms with Gasteiger partial charge in [-0.1, -0.05) is 6.07 Å². The van der Waals surface area contributed by atoms with E-state index in [-0.39, 0.29) is 12.8 Å². The second-order valence-electron chi connectivity index (χ2n) is 4.92. The number of anilines is 1. The van der Waals surface area contributed by atoms with Gasteiger partial charge in [0.25, 0.3) is 5.91 Å². The number of amides is 2. The van der Waals surface area contributed by atoms with Gasteiger partial charge in [0.05, 0.1) is 0 Å². The summed E-state index contributed by atoms with van der Waals surface area (Å²) >= 11 is 0. The van der Waals surface area contributed by atoms with Crippen molar-refractivity contribution in [1.29, 1.82) is 0 Å². The van der Waals surface area contributed by atoms with E-state index in [0.29, 0.717) is 5.56 Å². The van der Waals surface area contributed by atoms with Gasteiger partial charge in [-0.2, -0.15) is 0 Å². The number of carbonyl (C=O) groups is 3. The molecule has 0 bridgehead atoms. The van der Waals surface area contributed by atoms with E-state index in [1.165, 1.54) is 0 Å². The molecule has 0 radical (unpaired) electrons. The first-order valence-electron chi connectivity index (χ1n) is 6.66. The third-order valence-electron chi connectivity index (χ3n) is 3.36. The Morgan fingerprint density at radius 3 is 2.81 bits per heavy atom. The van der Waals surface area contributed by atoms with E-state index < -0.39 is 23.8 Å². The first kappa shape index (κ1) is 14.8. The fraction of sp³-hybridized carbons (Fsp3) is 0.357. The molecule has 1 heterocycles. The van der Waals surface area contributed by atoms with E-state index in [9.17, 15) is 14.4 Å². The van der Waals surface area contributed by atoms with Crippen molar-refractivity contribution < 1.29 is 19.5 Å². The molecule has 7 heteroatoms. The second kappa shape index (κ2) is 6.25. The summed E-state index contributed by atoms with van der Waals surface area (Å²) in [5, 5.41) is 14.6. The maximum atomic E-state index is 12.1. The van der Waals surface area contributed by atoms with Gasteiger partial charge in [-0.25, -0.2) is 4.79 Å². The molecule has 0 aromatic heterocycles. The van der Waals surface area contributed by atoms with Crippen molar-refractivity contribution in [1.82, 2.24) is 5.32 Å². The largest absolute Gasteiger partial charge is 0.480 e. The molecule has 1 unspecified atom stereocenters. The Balaban J connectivity index is 2.04. The number of hydrogen-bond acceptors (Lipinski definition) is 4. The summed E-state index contributed by atoms with van der Waals surface area (Å²) in [4.78, 5) is 33.9. The molecular weight excluding hydrogens is 274 g/mol. The summed E-state index contributed by atoms with van der Waals surface area (Å²) in [5.74, 6) is -2.27. The molecule has 0 spiro atoms. The van der Waals surface area contributed by atoms with Crippen molar-refractivity contribution in [2.24, 2.45) is 5.73 Å². The molecule has 2 rings (SSSR count). The molecule has 1 aliphatic heterocycles. The molecular formula is C14H17N3O4. The Labute approximate surface area is 121 Å². The maximum absolute atomic E-state index is 12.1. The zero-order chi connectivity index (χ0) is 15.4. The SMILES string of the molecule is NC(=O)CCC(NC(=O)c1ccc2c(c1)NCC2)C(=O)O. The first-order valence-corrected chi connectivity index (χ1v) is 6.66. The van der Waals surface area contributed by atoms with Gasteiger partial charge in [0.15, 0.2) is 0 Å². The predicted octanol–water partition coefficient (Wildman–Crippen LogP) is 0.103. The molecule has 0 aliphatic carbocycles. The average Bonchev–Trinajstić information content (AvgIpc) is 2.89. The van der Waals surface area contributed by atoms with Gasteiger partial charge < -0.3 is 21.5 Å². The van der Waals surface area contributed by atoms with Crippen LogP contribution in [0.2, 0.25) is 0 Å². The number of carboxylic acid groups (broad SMARTS) is 1. The molecule has 0 saturated heterocycles. The normalized spacial score (nSPS) is 13.9. The van der Waals surface area contributed by atoms with Gasteiger partial charge in [0, 0.05) is 24.2 Å². The topological polar surface area (TPSA) is 122 Å². The van der Waals surface area contributed by atoms with Gasteiger partial charge in [-0.15, -0.1) is 0 Å². The highest BCUT2D eigenvalue weighted by molar-refractivity contribution is 5.97. The number of benzene rings is 1. The lowest BCUT2D eigenvalue weighted by atomic mass is 10.1. The number of nitrogens with one attached hydrogen (secondary N) is 2. The summed E-state index contributed by atoms with van der Waals surface area (Å²) < 4.78 is 0. The fourth-order valence-electron chi connectivity index (χ4n) is 2.22. The highest BCUT2D eigenvalue weighted by Gasteiger charge is 2.22. The van der Waals surface area contributed by atoms with Crippen LogP contribution in [-0.2, 0) is 16.0 Å². The molecule has 21 heavy (non-hydrogen) atoms. The fourth-order valence-corrected chi connectivity index (χ4v) is 2.22. The van der Waals surface area contributed by atoms with Crippen LogP contribution in [-0.4, -0.2) is 35.5 Å². The lowest BCUT2D eigenvalue weighted by molar-refractivity contribution is -0.139.